The van der Waals surface area contributed by atoms with E-state index in [4.69, 9.17) is 4.74 Å². The Balaban J connectivity index is 2.08. The van der Waals surface area contributed by atoms with E-state index in [-0.39, 0.29) is 5.56 Å². The molecule has 0 bridgehead atoms. The summed E-state index contributed by atoms with van der Waals surface area (Å²) in [6.45, 7) is 1.96. The van der Waals surface area contributed by atoms with Crippen LogP contribution in [-0.4, -0.2) is 30.4 Å². The number of hydrogen-bond acceptors (Lipinski definition) is 4. The van der Waals surface area contributed by atoms with Gasteiger partial charge in [-0.05, 0) is 30.5 Å². The molecule has 0 spiro atoms. The third-order valence-electron chi connectivity index (χ3n) is 3.66. The Morgan fingerprint density at radius 3 is 2.55 bits per heavy atom. The number of aromatic nitrogens is 2. The van der Waals surface area contributed by atoms with Crippen molar-refractivity contribution in [2.45, 2.75) is 12.8 Å². The number of rotatable bonds is 3. The smallest absolute Gasteiger partial charge is 0.274 e. The second-order valence-electron chi connectivity index (χ2n) is 4.88. The summed E-state index contributed by atoms with van der Waals surface area (Å²) in [4.78, 5) is 14.4. The van der Waals surface area contributed by atoms with Gasteiger partial charge >= 0.3 is 0 Å². The van der Waals surface area contributed by atoms with Gasteiger partial charge < -0.3 is 9.64 Å². The molecule has 1 aromatic carbocycles. The Kier molecular flexibility index (Phi) is 3.41. The predicted molar refractivity (Wildman–Crippen MR) is 78.3 cm³/mol. The van der Waals surface area contributed by atoms with Crippen LogP contribution in [0, 0.1) is 0 Å². The number of nitrogens with one attached hydrogen (secondary N) is 1. The Hall–Kier alpha value is -2.30. The molecule has 0 atom stereocenters. The molecule has 5 nitrogen and oxygen atoms in total. The fourth-order valence-electron chi connectivity index (χ4n) is 2.62. The first-order chi connectivity index (χ1) is 9.79. The average molecular weight is 271 g/mol. The van der Waals surface area contributed by atoms with Crippen molar-refractivity contribution in [3.63, 3.8) is 0 Å². The maximum atomic E-state index is 12.2. The minimum atomic E-state index is -0.153. The lowest BCUT2D eigenvalue weighted by Gasteiger charge is -2.20. The third kappa shape index (κ3) is 2.27. The second-order valence-corrected chi connectivity index (χ2v) is 4.88. The van der Waals surface area contributed by atoms with E-state index in [0.717, 1.165) is 42.9 Å². The van der Waals surface area contributed by atoms with Gasteiger partial charge in [0.2, 0.25) is 0 Å². The quantitative estimate of drug-likeness (QED) is 0.928. The van der Waals surface area contributed by atoms with Crippen LogP contribution in [0.4, 0.5) is 5.69 Å². The highest BCUT2D eigenvalue weighted by atomic mass is 16.5. The van der Waals surface area contributed by atoms with Gasteiger partial charge in [0, 0.05) is 13.1 Å². The van der Waals surface area contributed by atoms with Crippen LogP contribution in [-0.2, 0) is 0 Å². The van der Waals surface area contributed by atoms with Crippen LogP contribution >= 0.6 is 0 Å². The van der Waals surface area contributed by atoms with Crippen molar-refractivity contribution < 1.29 is 4.74 Å². The van der Waals surface area contributed by atoms with E-state index in [1.54, 1.807) is 13.3 Å². The minimum Gasteiger partial charge on any atom is -0.497 e. The molecule has 1 fully saturated rings. The highest BCUT2D eigenvalue weighted by Crippen LogP contribution is 2.30. The number of benzene rings is 1. The molecule has 1 N–H and O–H groups in total. The maximum Gasteiger partial charge on any atom is 0.274 e. The van der Waals surface area contributed by atoms with Gasteiger partial charge in [-0.15, -0.1) is 0 Å². The summed E-state index contributed by atoms with van der Waals surface area (Å²) in [6.07, 6.45) is 4.07. The monoisotopic (exact) mass is 271 g/mol. The summed E-state index contributed by atoms with van der Waals surface area (Å²) in [5.41, 5.74) is 2.33. The van der Waals surface area contributed by atoms with Crippen molar-refractivity contribution in [2.75, 3.05) is 25.1 Å². The van der Waals surface area contributed by atoms with Crippen LogP contribution in [0.15, 0.2) is 35.3 Å². The first kappa shape index (κ1) is 12.7. The SMILES string of the molecule is COc1ccc(-c2c(N3CCCC3)cn[nH]c2=O)cc1. The summed E-state index contributed by atoms with van der Waals surface area (Å²) in [5.74, 6) is 0.780. The fourth-order valence-corrected chi connectivity index (χ4v) is 2.62. The molecule has 20 heavy (non-hydrogen) atoms. The number of aromatic amines is 1. The van der Waals surface area contributed by atoms with Crippen molar-refractivity contribution >= 4 is 5.69 Å². The first-order valence-corrected chi connectivity index (χ1v) is 6.76. The van der Waals surface area contributed by atoms with E-state index in [1.165, 1.54) is 0 Å². The normalized spacial score (nSPS) is 14.6. The minimum absolute atomic E-state index is 0.153. The molecule has 1 saturated heterocycles. The van der Waals surface area contributed by atoms with E-state index < -0.39 is 0 Å². The van der Waals surface area contributed by atoms with Gasteiger partial charge in [0.15, 0.2) is 0 Å². The molecule has 1 aromatic heterocycles. The van der Waals surface area contributed by atoms with Crippen LogP contribution in [0.2, 0.25) is 0 Å². The van der Waals surface area contributed by atoms with Crippen LogP contribution in [0.25, 0.3) is 11.1 Å². The lowest BCUT2D eigenvalue weighted by atomic mass is 10.1. The van der Waals surface area contributed by atoms with Crippen LogP contribution in [0.5, 0.6) is 5.75 Å². The zero-order valence-electron chi connectivity index (χ0n) is 11.4. The Labute approximate surface area is 117 Å². The van der Waals surface area contributed by atoms with Crippen molar-refractivity contribution in [3.8, 4) is 16.9 Å². The molecule has 104 valence electrons. The van der Waals surface area contributed by atoms with Crippen LogP contribution in [0.3, 0.4) is 0 Å². The molecule has 0 saturated carbocycles. The first-order valence-electron chi connectivity index (χ1n) is 6.76. The standard InChI is InChI=1S/C15H17N3O2/c1-20-12-6-4-11(5-7-12)14-13(10-16-17-15(14)19)18-8-2-3-9-18/h4-7,10H,2-3,8-9H2,1H3,(H,17,19). The second kappa shape index (κ2) is 5.36. The van der Waals surface area contributed by atoms with Gasteiger partial charge in [0.1, 0.15) is 5.75 Å². The topological polar surface area (TPSA) is 58.2 Å². The molecular weight excluding hydrogens is 254 g/mol. The Bertz CT molecular complexity index is 643. The summed E-state index contributed by atoms with van der Waals surface area (Å²) < 4.78 is 5.16. The van der Waals surface area contributed by atoms with Crippen LogP contribution < -0.4 is 15.2 Å². The van der Waals surface area contributed by atoms with E-state index in [1.807, 2.05) is 24.3 Å². The zero-order valence-corrected chi connectivity index (χ0v) is 11.4. The van der Waals surface area contributed by atoms with Gasteiger partial charge in [-0.25, -0.2) is 5.10 Å². The maximum absolute atomic E-state index is 12.2. The van der Waals surface area contributed by atoms with E-state index in [2.05, 4.69) is 15.1 Å². The lowest BCUT2D eigenvalue weighted by Crippen LogP contribution is -2.23. The predicted octanol–water partition coefficient (Wildman–Crippen LogP) is 2.05. The molecular formula is C15H17N3O2. The third-order valence-corrected chi connectivity index (χ3v) is 3.66. The molecule has 2 heterocycles. The Morgan fingerprint density at radius 1 is 1.20 bits per heavy atom. The number of ether oxygens (including phenoxy) is 1. The molecule has 1 aliphatic heterocycles. The molecule has 2 aromatic rings. The lowest BCUT2D eigenvalue weighted by molar-refractivity contribution is 0.415. The highest BCUT2D eigenvalue weighted by Gasteiger charge is 2.19. The average Bonchev–Trinajstić information content (AvgIpc) is 3.01. The summed E-state index contributed by atoms with van der Waals surface area (Å²) in [5, 5.41) is 6.47. The largest absolute Gasteiger partial charge is 0.497 e. The van der Waals surface area contributed by atoms with Crippen molar-refractivity contribution in [2.24, 2.45) is 0 Å². The highest BCUT2D eigenvalue weighted by molar-refractivity contribution is 5.77. The van der Waals surface area contributed by atoms with Gasteiger partial charge in [0.05, 0.1) is 24.6 Å². The summed E-state index contributed by atoms with van der Waals surface area (Å²) in [7, 11) is 1.63. The van der Waals surface area contributed by atoms with Crippen molar-refractivity contribution in [1.29, 1.82) is 0 Å². The number of nitrogens with zero attached hydrogens (tertiary/aromatic N) is 2. The van der Waals surface area contributed by atoms with Crippen molar-refractivity contribution in [1.82, 2.24) is 10.2 Å². The molecule has 0 radical (unpaired) electrons. The Morgan fingerprint density at radius 2 is 1.90 bits per heavy atom. The molecule has 5 heteroatoms. The molecule has 0 amide bonds. The summed E-state index contributed by atoms with van der Waals surface area (Å²) in [6, 6.07) is 7.54. The molecule has 0 unspecified atom stereocenters. The van der Waals surface area contributed by atoms with E-state index in [9.17, 15) is 4.79 Å². The van der Waals surface area contributed by atoms with Gasteiger partial charge in [-0.3, -0.25) is 4.79 Å². The van der Waals surface area contributed by atoms with Gasteiger partial charge in [0.25, 0.3) is 5.56 Å². The number of methoxy groups -OCH3 is 1. The van der Waals surface area contributed by atoms with Gasteiger partial charge in [-0.2, -0.15) is 5.10 Å². The molecule has 0 aliphatic carbocycles. The number of hydrogen-bond donors (Lipinski definition) is 1. The number of H-pyrrole nitrogens is 1. The van der Waals surface area contributed by atoms with Crippen molar-refractivity contribution in [3.05, 3.63) is 40.8 Å². The van der Waals surface area contributed by atoms with Gasteiger partial charge in [-0.1, -0.05) is 12.1 Å². The summed E-state index contributed by atoms with van der Waals surface area (Å²) >= 11 is 0. The van der Waals surface area contributed by atoms with Crippen LogP contribution in [0.1, 0.15) is 12.8 Å². The number of anilines is 1. The van der Waals surface area contributed by atoms with E-state index in [0.29, 0.717) is 5.56 Å². The van der Waals surface area contributed by atoms with E-state index >= 15 is 0 Å². The fraction of sp³-hybridized carbons (Fsp3) is 0.333. The molecule has 1 aliphatic rings. The zero-order chi connectivity index (χ0) is 13.9. The molecule has 3 rings (SSSR count).